The number of aromatic nitrogens is 1. The molecule has 1 fully saturated rings. The summed E-state index contributed by atoms with van der Waals surface area (Å²) in [5.41, 5.74) is 1.65. The molecule has 7 heteroatoms. The van der Waals surface area contributed by atoms with Gasteiger partial charge in [0, 0.05) is 40.8 Å². The third-order valence-electron chi connectivity index (χ3n) is 6.81. The van der Waals surface area contributed by atoms with Crippen molar-refractivity contribution in [1.29, 1.82) is 0 Å². The number of rotatable bonds is 8. The van der Waals surface area contributed by atoms with Crippen LogP contribution in [0.25, 0.3) is 10.9 Å². The van der Waals surface area contributed by atoms with Gasteiger partial charge >= 0.3 is 5.97 Å². The second kappa shape index (κ2) is 11.5. The quantitative estimate of drug-likeness (QED) is 0.172. The summed E-state index contributed by atoms with van der Waals surface area (Å²) in [6.07, 6.45) is 4.35. The van der Waals surface area contributed by atoms with Crippen molar-refractivity contribution in [2.45, 2.75) is 19.8 Å². The van der Waals surface area contributed by atoms with Gasteiger partial charge in [-0.05, 0) is 61.9 Å². The normalized spacial score (nSPS) is 18.4. The number of Topliss-reactive ketones (excluding diaryl/α,β-unsaturated/α-hetero) is 1. The summed E-state index contributed by atoms with van der Waals surface area (Å²) >= 11 is 6.10. The number of benzene rings is 2. The highest BCUT2D eigenvalue weighted by atomic mass is 35.5. The number of hydrogen-bond acceptors (Lipinski definition) is 5. The molecule has 36 heavy (non-hydrogen) atoms. The third kappa shape index (κ3) is 5.49. The van der Waals surface area contributed by atoms with Gasteiger partial charge in [0.15, 0.2) is 5.78 Å². The summed E-state index contributed by atoms with van der Waals surface area (Å²) in [5, 5.41) is 1.16. The molecule has 1 aliphatic heterocycles. The summed E-state index contributed by atoms with van der Waals surface area (Å²) in [4.78, 5) is 45.8. The number of halogens is 1. The number of carbonyl (C=O) groups is 3. The Balaban J connectivity index is 1.57. The molecule has 3 atom stereocenters. The maximum Gasteiger partial charge on any atom is 0.316 e. The zero-order chi connectivity index (χ0) is 25.7. The van der Waals surface area contributed by atoms with Gasteiger partial charge in [0.25, 0.3) is 5.91 Å². The zero-order valence-electron chi connectivity index (χ0n) is 20.2. The van der Waals surface area contributed by atoms with Crippen LogP contribution in [0.2, 0.25) is 5.02 Å². The molecule has 0 aliphatic carbocycles. The van der Waals surface area contributed by atoms with Crippen LogP contribution < -0.4 is 0 Å². The molecule has 1 amide bonds. The standard InChI is InChI=1S/C29H29ClN2O4/c1-3-19-18-32(28(34)20-8-6-5-7-9-20)15-13-21(19)16-25(29(35)36-4-2)27(33)24-12-14-31-26-17-22(30)10-11-23(24)26/h3,5-12,14,17,19,21,25H,1,4,13,15-16,18H2,2H3. The number of likely N-dealkylation sites (tertiary alicyclic amines) is 1. The smallest absolute Gasteiger partial charge is 0.316 e. The number of carbonyl (C=O) groups excluding carboxylic acids is 3. The second-order valence-electron chi connectivity index (χ2n) is 8.99. The molecule has 4 rings (SSSR count). The molecule has 3 aromatic rings. The van der Waals surface area contributed by atoms with E-state index in [9.17, 15) is 14.4 Å². The third-order valence-corrected chi connectivity index (χ3v) is 7.05. The van der Waals surface area contributed by atoms with Crippen LogP contribution in [0.4, 0.5) is 0 Å². The molecule has 2 aromatic carbocycles. The van der Waals surface area contributed by atoms with Crippen molar-refractivity contribution in [1.82, 2.24) is 9.88 Å². The van der Waals surface area contributed by atoms with Gasteiger partial charge in [0.05, 0.1) is 12.1 Å². The predicted molar refractivity (Wildman–Crippen MR) is 140 cm³/mol. The lowest BCUT2D eigenvalue weighted by molar-refractivity contribution is -0.147. The van der Waals surface area contributed by atoms with Gasteiger partial charge in [-0.3, -0.25) is 19.4 Å². The number of esters is 1. The Hall–Kier alpha value is -3.51. The highest BCUT2D eigenvalue weighted by molar-refractivity contribution is 6.31. The van der Waals surface area contributed by atoms with Crippen LogP contribution in [0, 0.1) is 17.8 Å². The molecule has 1 aliphatic rings. The Kier molecular flexibility index (Phi) is 8.16. The van der Waals surface area contributed by atoms with E-state index in [1.807, 2.05) is 29.2 Å². The highest BCUT2D eigenvalue weighted by Gasteiger charge is 2.37. The van der Waals surface area contributed by atoms with E-state index in [1.54, 1.807) is 49.5 Å². The lowest BCUT2D eigenvalue weighted by Gasteiger charge is -2.38. The fraction of sp³-hybridized carbons (Fsp3) is 0.310. The monoisotopic (exact) mass is 504 g/mol. The van der Waals surface area contributed by atoms with Gasteiger partial charge < -0.3 is 9.64 Å². The Morgan fingerprint density at radius 3 is 2.69 bits per heavy atom. The minimum Gasteiger partial charge on any atom is -0.465 e. The average Bonchev–Trinajstić information content (AvgIpc) is 2.91. The molecular formula is C29H29ClN2O4. The summed E-state index contributed by atoms with van der Waals surface area (Å²) in [7, 11) is 0. The topological polar surface area (TPSA) is 76.6 Å². The molecule has 0 N–H and O–H groups in total. The molecule has 6 nitrogen and oxygen atoms in total. The second-order valence-corrected chi connectivity index (χ2v) is 9.43. The molecule has 0 radical (unpaired) electrons. The highest BCUT2D eigenvalue weighted by Crippen LogP contribution is 2.33. The van der Waals surface area contributed by atoms with E-state index in [4.69, 9.17) is 16.3 Å². The molecule has 0 saturated carbocycles. The first-order valence-corrected chi connectivity index (χ1v) is 12.5. The first-order valence-electron chi connectivity index (χ1n) is 12.1. The Morgan fingerprint density at radius 1 is 1.19 bits per heavy atom. The van der Waals surface area contributed by atoms with Crippen molar-refractivity contribution >= 4 is 40.2 Å². The van der Waals surface area contributed by atoms with Crippen LogP contribution in [0.5, 0.6) is 0 Å². The molecule has 1 saturated heterocycles. The number of fused-ring (bicyclic) bond motifs is 1. The van der Waals surface area contributed by atoms with Crippen molar-refractivity contribution in [3.8, 4) is 0 Å². The molecule has 1 aromatic heterocycles. The molecule has 0 bridgehead atoms. The van der Waals surface area contributed by atoms with Crippen LogP contribution >= 0.6 is 11.6 Å². The number of ether oxygens (including phenoxy) is 1. The molecular weight excluding hydrogens is 476 g/mol. The minimum atomic E-state index is -0.963. The van der Waals surface area contributed by atoms with Crippen LogP contribution in [0.15, 0.2) is 73.4 Å². The van der Waals surface area contributed by atoms with Crippen LogP contribution in [0.1, 0.15) is 40.5 Å². The van der Waals surface area contributed by atoms with Gasteiger partial charge in [-0.2, -0.15) is 0 Å². The van der Waals surface area contributed by atoms with Crippen molar-refractivity contribution in [2.75, 3.05) is 19.7 Å². The Labute approximate surface area is 215 Å². The molecule has 3 unspecified atom stereocenters. The number of pyridine rings is 1. The summed E-state index contributed by atoms with van der Waals surface area (Å²) in [6.45, 7) is 6.93. The maximum absolute atomic E-state index is 13.7. The van der Waals surface area contributed by atoms with E-state index in [0.29, 0.717) is 53.0 Å². The number of amides is 1. The van der Waals surface area contributed by atoms with Crippen LogP contribution in [-0.4, -0.2) is 47.2 Å². The van der Waals surface area contributed by atoms with Crippen molar-refractivity contribution in [2.24, 2.45) is 17.8 Å². The molecule has 186 valence electrons. The van der Waals surface area contributed by atoms with Gasteiger partial charge in [-0.15, -0.1) is 6.58 Å². The number of hydrogen-bond donors (Lipinski definition) is 0. The van der Waals surface area contributed by atoms with E-state index in [2.05, 4.69) is 11.6 Å². The minimum absolute atomic E-state index is 0.00299. The summed E-state index contributed by atoms with van der Waals surface area (Å²) in [5.74, 6) is -1.87. The average molecular weight is 505 g/mol. The lowest BCUT2D eigenvalue weighted by atomic mass is 9.77. The van der Waals surface area contributed by atoms with E-state index in [0.717, 1.165) is 0 Å². The van der Waals surface area contributed by atoms with Crippen LogP contribution in [-0.2, 0) is 9.53 Å². The summed E-state index contributed by atoms with van der Waals surface area (Å²) in [6, 6.07) is 16.0. The molecule has 2 heterocycles. The maximum atomic E-state index is 13.7. The van der Waals surface area contributed by atoms with E-state index in [1.165, 1.54) is 0 Å². The number of ketones is 1. The largest absolute Gasteiger partial charge is 0.465 e. The SMILES string of the molecule is C=CC1CN(C(=O)c2ccccc2)CCC1CC(C(=O)OCC)C(=O)c1ccnc2cc(Cl)ccc12. The predicted octanol–water partition coefficient (Wildman–Crippen LogP) is 5.60. The van der Waals surface area contributed by atoms with Gasteiger partial charge in [-0.1, -0.05) is 41.9 Å². The van der Waals surface area contributed by atoms with E-state index >= 15 is 0 Å². The summed E-state index contributed by atoms with van der Waals surface area (Å²) < 4.78 is 5.32. The van der Waals surface area contributed by atoms with Crippen LogP contribution in [0.3, 0.4) is 0 Å². The lowest BCUT2D eigenvalue weighted by Crippen LogP contribution is -2.44. The van der Waals surface area contributed by atoms with E-state index < -0.39 is 11.9 Å². The fourth-order valence-electron chi connectivity index (χ4n) is 4.92. The Morgan fingerprint density at radius 2 is 1.97 bits per heavy atom. The zero-order valence-corrected chi connectivity index (χ0v) is 21.0. The first-order chi connectivity index (χ1) is 17.4. The van der Waals surface area contributed by atoms with Gasteiger partial charge in [0.2, 0.25) is 0 Å². The van der Waals surface area contributed by atoms with Crippen molar-refractivity contribution in [3.63, 3.8) is 0 Å². The number of nitrogens with zero attached hydrogens (tertiary/aromatic N) is 2. The Bertz CT molecular complexity index is 1280. The first kappa shape index (κ1) is 25.6. The van der Waals surface area contributed by atoms with Gasteiger partial charge in [-0.25, -0.2) is 0 Å². The number of piperidine rings is 1. The fourth-order valence-corrected chi connectivity index (χ4v) is 5.08. The molecule has 0 spiro atoms. The van der Waals surface area contributed by atoms with Crippen molar-refractivity contribution < 1.29 is 19.1 Å². The van der Waals surface area contributed by atoms with E-state index in [-0.39, 0.29) is 30.1 Å². The van der Waals surface area contributed by atoms with Crippen molar-refractivity contribution in [3.05, 3.63) is 89.6 Å². The van der Waals surface area contributed by atoms with Gasteiger partial charge in [0.1, 0.15) is 5.92 Å².